The number of pyridine rings is 2. The first-order chi connectivity index (χ1) is 27.5. The molecular formula is C48H64N4O4. The van der Waals surface area contributed by atoms with Crippen molar-refractivity contribution >= 4 is 11.8 Å². The first-order valence-corrected chi connectivity index (χ1v) is 21.5. The van der Waals surface area contributed by atoms with Crippen molar-refractivity contribution in [2.45, 2.75) is 143 Å². The van der Waals surface area contributed by atoms with E-state index < -0.39 is 0 Å². The lowest BCUT2D eigenvalue weighted by Gasteiger charge is -2.22. The summed E-state index contributed by atoms with van der Waals surface area (Å²) < 4.78 is 12.8. The van der Waals surface area contributed by atoms with Crippen LogP contribution in [0.3, 0.4) is 0 Å². The van der Waals surface area contributed by atoms with Gasteiger partial charge in [-0.25, -0.2) is 4.68 Å². The second kappa shape index (κ2) is 24.3. The summed E-state index contributed by atoms with van der Waals surface area (Å²) in [6, 6.07) is 17.3. The van der Waals surface area contributed by atoms with Gasteiger partial charge in [0.05, 0.1) is 11.4 Å². The molecule has 0 radical (unpaired) electrons. The molecule has 8 nitrogen and oxygen atoms in total. The van der Waals surface area contributed by atoms with Gasteiger partial charge in [0.2, 0.25) is 0 Å². The standard InChI is InChI=1S/C48H64N4O4/c1-3-4-5-6-7-8-9-10-11-12-13-14-15-16-17-21-47(54)56-37-52-36-43(48(51-52)44-20-18-19-29-49-44)42-26-30-50-45(35-42)40-22-24-41(25-23-40)46(53)34-38(2)33-39-27-31-55-32-28-39/h18-20,22-26,29-30,34-36,39H,3-17,21,27-28,31-33,37H2,1-2H3. The van der Waals surface area contributed by atoms with Crippen LogP contribution in [0.25, 0.3) is 33.8 Å². The minimum Gasteiger partial charge on any atom is -0.442 e. The number of aromatic nitrogens is 4. The molecule has 1 aliphatic rings. The Labute approximate surface area is 335 Å². The minimum absolute atomic E-state index is 0.0192. The number of nitrogens with zero attached hydrogens (tertiary/aromatic N) is 4. The Morgan fingerprint density at radius 2 is 1.41 bits per heavy atom. The maximum absolute atomic E-state index is 13.1. The van der Waals surface area contributed by atoms with Gasteiger partial charge in [-0.3, -0.25) is 19.6 Å². The molecule has 4 heterocycles. The fraction of sp³-hybridized carbons (Fsp3) is 0.521. The average molecular weight is 761 g/mol. The molecule has 300 valence electrons. The van der Waals surface area contributed by atoms with E-state index >= 15 is 0 Å². The molecule has 4 aromatic rings. The molecule has 5 rings (SSSR count). The molecule has 0 bridgehead atoms. The minimum atomic E-state index is -0.200. The van der Waals surface area contributed by atoms with Crippen LogP contribution in [0.15, 0.2) is 84.8 Å². The number of carbonyl (C=O) groups is 2. The van der Waals surface area contributed by atoms with Gasteiger partial charge in [-0.05, 0) is 74.4 Å². The zero-order chi connectivity index (χ0) is 39.2. The SMILES string of the molecule is CCCCCCCCCCCCCCCCCC(=O)OCn1cc(-c2ccnc(-c3ccc(C(=O)C=C(C)CC4CCOCC4)cc3)c2)c(-c2ccccn2)n1. The number of ketones is 1. The van der Waals surface area contributed by atoms with Gasteiger partial charge >= 0.3 is 5.97 Å². The van der Waals surface area contributed by atoms with E-state index in [0.717, 1.165) is 79.0 Å². The highest BCUT2D eigenvalue weighted by Crippen LogP contribution is 2.32. The molecule has 0 saturated carbocycles. The maximum Gasteiger partial charge on any atom is 0.307 e. The Morgan fingerprint density at radius 3 is 2.05 bits per heavy atom. The molecule has 8 heteroatoms. The Morgan fingerprint density at radius 1 is 0.768 bits per heavy atom. The van der Waals surface area contributed by atoms with Crippen molar-refractivity contribution < 1.29 is 19.1 Å². The number of esters is 1. The summed E-state index contributed by atoms with van der Waals surface area (Å²) in [6.07, 6.45) is 30.1. The average Bonchev–Trinajstić information content (AvgIpc) is 3.67. The van der Waals surface area contributed by atoms with Crippen molar-refractivity contribution in [1.29, 1.82) is 0 Å². The van der Waals surface area contributed by atoms with Crippen LogP contribution in [0.1, 0.15) is 146 Å². The second-order valence-corrected chi connectivity index (χ2v) is 15.6. The number of carbonyl (C=O) groups excluding carboxylic acids is 2. The van der Waals surface area contributed by atoms with E-state index in [2.05, 4.69) is 16.9 Å². The third-order valence-electron chi connectivity index (χ3n) is 10.9. The Hall–Kier alpha value is -4.43. The van der Waals surface area contributed by atoms with Crippen molar-refractivity contribution in [2.24, 2.45) is 5.92 Å². The molecule has 1 saturated heterocycles. The molecule has 1 aliphatic heterocycles. The first kappa shape index (κ1) is 42.7. The molecule has 0 atom stereocenters. The predicted octanol–water partition coefficient (Wildman–Crippen LogP) is 12.4. The lowest BCUT2D eigenvalue weighted by Crippen LogP contribution is -2.15. The van der Waals surface area contributed by atoms with Gasteiger partial charge in [0.25, 0.3) is 0 Å². The summed E-state index contributed by atoms with van der Waals surface area (Å²) in [6.45, 7) is 5.98. The third kappa shape index (κ3) is 14.6. The van der Waals surface area contributed by atoms with Crippen LogP contribution >= 0.6 is 0 Å². The number of hydrogen-bond acceptors (Lipinski definition) is 7. The summed E-state index contributed by atoms with van der Waals surface area (Å²) in [5.74, 6) is 0.405. The summed E-state index contributed by atoms with van der Waals surface area (Å²) >= 11 is 0. The molecule has 1 aromatic carbocycles. The molecule has 0 spiro atoms. The molecule has 1 fully saturated rings. The van der Waals surface area contributed by atoms with Gasteiger partial charge < -0.3 is 9.47 Å². The van der Waals surface area contributed by atoms with Crippen LogP contribution in [0.2, 0.25) is 0 Å². The Balaban J connectivity index is 1.09. The van der Waals surface area contributed by atoms with Gasteiger partial charge in [-0.15, -0.1) is 0 Å². The Bertz CT molecular complexity index is 1780. The van der Waals surface area contributed by atoms with E-state index in [1.54, 1.807) is 23.2 Å². The molecule has 0 unspecified atom stereocenters. The normalized spacial score (nSPS) is 13.6. The second-order valence-electron chi connectivity index (χ2n) is 15.6. The van der Waals surface area contributed by atoms with E-state index in [1.807, 2.05) is 67.7 Å². The Kier molecular flexibility index (Phi) is 18.5. The van der Waals surface area contributed by atoms with Crippen LogP contribution < -0.4 is 0 Å². The van der Waals surface area contributed by atoms with Crippen molar-refractivity contribution in [3.8, 4) is 33.8 Å². The van der Waals surface area contributed by atoms with E-state index in [1.165, 1.54) is 83.5 Å². The van der Waals surface area contributed by atoms with E-state index in [9.17, 15) is 9.59 Å². The molecular weight excluding hydrogens is 697 g/mol. The van der Waals surface area contributed by atoms with Gasteiger partial charge in [-0.2, -0.15) is 5.10 Å². The molecule has 0 aliphatic carbocycles. The van der Waals surface area contributed by atoms with Gasteiger partial charge in [0, 0.05) is 54.9 Å². The smallest absolute Gasteiger partial charge is 0.307 e. The highest BCUT2D eigenvalue weighted by molar-refractivity contribution is 6.05. The van der Waals surface area contributed by atoms with Crippen LogP contribution in [-0.4, -0.2) is 44.7 Å². The quantitative estimate of drug-likeness (QED) is 0.0287. The summed E-state index contributed by atoms with van der Waals surface area (Å²) in [7, 11) is 0. The summed E-state index contributed by atoms with van der Waals surface area (Å²) in [4.78, 5) is 34.9. The monoisotopic (exact) mass is 760 g/mol. The van der Waals surface area contributed by atoms with Crippen molar-refractivity contribution in [3.63, 3.8) is 0 Å². The van der Waals surface area contributed by atoms with E-state index in [0.29, 0.717) is 23.6 Å². The number of allylic oxidation sites excluding steroid dienone is 2. The van der Waals surface area contributed by atoms with Gasteiger partial charge in [-0.1, -0.05) is 133 Å². The lowest BCUT2D eigenvalue weighted by molar-refractivity contribution is -0.148. The fourth-order valence-electron chi connectivity index (χ4n) is 7.57. The number of benzene rings is 1. The van der Waals surface area contributed by atoms with E-state index in [4.69, 9.17) is 14.6 Å². The van der Waals surface area contributed by atoms with Crippen LogP contribution in [0, 0.1) is 5.92 Å². The van der Waals surface area contributed by atoms with Gasteiger partial charge in [0.1, 0.15) is 5.69 Å². The van der Waals surface area contributed by atoms with Crippen molar-refractivity contribution in [2.75, 3.05) is 13.2 Å². The van der Waals surface area contributed by atoms with Gasteiger partial charge in [0.15, 0.2) is 12.5 Å². The van der Waals surface area contributed by atoms with Crippen LogP contribution in [0.4, 0.5) is 0 Å². The molecule has 0 amide bonds. The third-order valence-corrected chi connectivity index (χ3v) is 10.9. The fourth-order valence-corrected chi connectivity index (χ4v) is 7.57. The highest BCUT2D eigenvalue weighted by Gasteiger charge is 2.17. The summed E-state index contributed by atoms with van der Waals surface area (Å²) in [5.41, 5.74) is 6.66. The largest absolute Gasteiger partial charge is 0.442 e. The van der Waals surface area contributed by atoms with Crippen molar-refractivity contribution in [1.82, 2.24) is 19.7 Å². The summed E-state index contributed by atoms with van der Waals surface area (Å²) in [5, 5.41) is 4.81. The number of unbranched alkanes of at least 4 members (excludes halogenated alkanes) is 14. The van der Waals surface area contributed by atoms with Crippen LogP contribution in [0.5, 0.6) is 0 Å². The lowest BCUT2D eigenvalue weighted by atomic mass is 9.92. The highest BCUT2D eigenvalue weighted by atomic mass is 16.5. The maximum atomic E-state index is 13.1. The topological polar surface area (TPSA) is 96.2 Å². The predicted molar refractivity (Wildman–Crippen MR) is 226 cm³/mol. The number of rotatable bonds is 25. The van der Waals surface area contributed by atoms with Crippen LogP contribution in [-0.2, 0) is 21.0 Å². The molecule has 56 heavy (non-hydrogen) atoms. The number of hydrogen-bond donors (Lipinski definition) is 0. The van der Waals surface area contributed by atoms with Crippen molar-refractivity contribution in [3.05, 3.63) is 90.4 Å². The number of ether oxygens (including phenoxy) is 2. The zero-order valence-electron chi connectivity index (χ0n) is 34.1. The van der Waals surface area contributed by atoms with E-state index in [-0.39, 0.29) is 18.5 Å². The zero-order valence-corrected chi connectivity index (χ0v) is 34.1. The molecule has 0 N–H and O–H groups in total. The molecule has 3 aromatic heterocycles. The first-order valence-electron chi connectivity index (χ1n) is 21.5.